The molecule has 0 unspecified atom stereocenters. The van der Waals surface area contributed by atoms with Gasteiger partial charge in [0.25, 0.3) is 0 Å². The minimum absolute atomic E-state index is 0.192. The van der Waals surface area contributed by atoms with Crippen molar-refractivity contribution in [3.8, 4) is 17.6 Å². The molecule has 2 rings (SSSR count). The van der Waals surface area contributed by atoms with Gasteiger partial charge in [-0.3, -0.25) is 0 Å². The molecule has 100 valence electrons. The first-order chi connectivity index (χ1) is 9.52. The summed E-state index contributed by atoms with van der Waals surface area (Å²) in [4.78, 5) is 11.0. The van der Waals surface area contributed by atoms with Crippen molar-refractivity contribution in [2.24, 2.45) is 0 Å². The van der Waals surface area contributed by atoms with Crippen molar-refractivity contribution < 1.29 is 23.4 Å². The molecule has 1 N–H and O–H groups in total. The van der Waals surface area contributed by atoms with E-state index in [1.807, 2.05) is 0 Å². The molecule has 20 heavy (non-hydrogen) atoms. The number of carboxylic acids is 1. The van der Waals surface area contributed by atoms with Crippen LogP contribution in [0.4, 0.5) is 8.78 Å². The molecule has 6 heteroatoms. The van der Waals surface area contributed by atoms with Crippen LogP contribution >= 0.6 is 0 Å². The third-order valence-corrected chi connectivity index (χ3v) is 2.46. The molecule has 2 aromatic rings. The molecule has 0 amide bonds. The van der Waals surface area contributed by atoms with Gasteiger partial charge >= 0.3 is 5.97 Å². The lowest BCUT2D eigenvalue weighted by molar-refractivity contribution is 0.0694. The van der Waals surface area contributed by atoms with E-state index in [0.29, 0.717) is 0 Å². The molecular weight excluding hydrogens is 268 g/mol. The SMILES string of the molecule is N#Cc1cc(F)c(Oc2ccccc2C(=O)O)c(F)c1. The van der Waals surface area contributed by atoms with Crippen LogP contribution in [-0.4, -0.2) is 11.1 Å². The zero-order valence-electron chi connectivity index (χ0n) is 9.93. The summed E-state index contributed by atoms with van der Waals surface area (Å²) in [7, 11) is 0. The topological polar surface area (TPSA) is 70.3 Å². The number of carbonyl (C=O) groups is 1. The van der Waals surface area contributed by atoms with E-state index < -0.39 is 23.4 Å². The number of carboxylic acid groups (broad SMARTS) is 1. The molecule has 4 nitrogen and oxygen atoms in total. The van der Waals surface area contributed by atoms with Crippen LogP contribution in [0.5, 0.6) is 11.5 Å². The Balaban J connectivity index is 2.46. The van der Waals surface area contributed by atoms with E-state index in [1.54, 1.807) is 6.07 Å². The minimum atomic E-state index is -1.28. The summed E-state index contributed by atoms with van der Waals surface area (Å²) in [6.07, 6.45) is 0. The van der Waals surface area contributed by atoms with Crippen molar-refractivity contribution in [3.63, 3.8) is 0 Å². The van der Waals surface area contributed by atoms with E-state index in [2.05, 4.69) is 0 Å². The van der Waals surface area contributed by atoms with E-state index >= 15 is 0 Å². The Morgan fingerprint density at radius 3 is 2.35 bits per heavy atom. The molecule has 0 saturated carbocycles. The summed E-state index contributed by atoms with van der Waals surface area (Å²) in [5.41, 5.74) is -0.422. The van der Waals surface area contributed by atoms with Gasteiger partial charge in [0, 0.05) is 0 Å². The lowest BCUT2D eigenvalue weighted by Gasteiger charge is -2.10. The highest BCUT2D eigenvalue weighted by atomic mass is 19.1. The van der Waals surface area contributed by atoms with Gasteiger partial charge in [-0.1, -0.05) is 12.1 Å². The van der Waals surface area contributed by atoms with Crippen LogP contribution in [0.15, 0.2) is 36.4 Å². The predicted octanol–water partition coefficient (Wildman–Crippen LogP) is 3.33. The quantitative estimate of drug-likeness (QED) is 0.932. The number of nitrogens with zero attached hydrogens (tertiary/aromatic N) is 1. The number of aromatic carboxylic acids is 1. The van der Waals surface area contributed by atoms with Crippen LogP contribution in [0.25, 0.3) is 0 Å². The maximum Gasteiger partial charge on any atom is 0.339 e. The zero-order valence-corrected chi connectivity index (χ0v) is 9.93. The fourth-order valence-corrected chi connectivity index (χ4v) is 1.56. The largest absolute Gasteiger partial charge is 0.478 e. The number of ether oxygens (including phenoxy) is 1. The van der Waals surface area contributed by atoms with Crippen molar-refractivity contribution >= 4 is 5.97 Å². The Labute approximate surface area is 112 Å². The van der Waals surface area contributed by atoms with E-state index in [-0.39, 0.29) is 16.9 Å². The number of benzene rings is 2. The van der Waals surface area contributed by atoms with Gasteiger partial charge in [0.1, 0.15) is 11.3 Å². The zero-order chi connectivity index (χ0) is 14.7. The first-order valence-corrected chi connectivity index (χ1v) is 5.42. The molecule has 0 heterocycles. The normalized spacial score (nSPS) is 9.85. The highest BCUT2D eigenvalue weighted by Crippen LogP contribution is 2.30. The first-order valence-electron chi connectivity index (χ1n) is 5.42. The second-order valence-electron chi connectivity index (χ2n) is 3.78. The smallest absolute Gasteiger partial charge is 0.339 e. The van der Waals surface area contributed by atoms with Gasteiger partial charge in [0.05, 0.1) is 11.6 Å². The van der Waals surface area contributed by atoms with E-state index in [1.165, 1.54) is 24.3 Å². The summed E-state index contributed by atoms with van der Waals surface area (Å²) in [6, 6.07) is 8.67. The molecule has 0 aliphatic heterocycles. The van der Waals surface area contributed by atoms with Crippen molar-refractivity contribution in [2.75, 3.05) is 0 Å². The monoisotopic (exact) mass is 275 g/mol. The maximum atomic E-state index is 13.7. The third kappa shape index (κ3) is 2.57. The van der Waals surface area contributed by atoms with Gasteiger partial charge in [-0.2, -0.15) is 5.26 Å². The number of hydrogen-bond donors (Lipinski definition) is 1. The Hall–Kier alpha value is -2.94. The molecule has 0 aliphatic rings. The Morgan fingerprint density at radius 1 is 1.20 bits per heavy atom. The van der Waals surface area contributed by atoms with E-state index in [4.69, 9.17) is 15.1 Å². The molecule has 0 bridgehead atoms. The number of para-hydroxylation sites is 1. The molecular formula is C14H7F2NO3. The van der Waals surface area contributed by atoms with Crippen molar-refractivity contribution in [1.82, 2.24) is 0 Å². The fourth-order valence-electron chi connectivity index (χ4n) is 1.56. The summed E-state index contributed by atoms with van der Waals surface area (Å²) in [5, 5.41) is 17.5. The van der Waals surface area contributed by atoms with Crippen molar-refractivity contribution in [2.45, 2.75) is 0 Å². The molecule has 0 atom stereocenters. The molecule has 0 radical (unpaired) electrons. The van der Waals surface area contributed by atoms with Gasteiger partial charge in [-0.15, -0.1) is 0 Å². The van der Waals surface area contributed by atoms with Gasteiger partial charge in [-0.25, -0.2) is 13.6 Å². The maximum absolute atomic E-state index is 13.7. The van der Waals surface area contributed by atoms with Gasteiger partial charge in [0.15, 0.2) is 17.4 Å². The highest BCUT2D eigenvalue weighted by Gasteiger charge is 2.17. The summed E-state index contributed by atoms with van der Waals surface area (Å²) < 4.78 is 32.3. The second-order valence-corrected chi connectivity index (χ2v) is 3.78. The summed E-state index contributed by atoms with van der Waals surface area (Å²) >= 11 is 0. The van der Waals surface area contributed by atoms with Crippen LogP contribution in [0.1, 0.15) is 15.9 Å². The minimum Gasteiger partial charge on any atom is -0.478 e. The highest BCUT2D eigenvalue weighted by molar-refractivity contribution is 5.90. The molecule has 0 aliphatic carbocycles. The second kappa shape index (κ2) is 5.36. The van der Waals surface area contributed by atoms with Crippen LogP contribution in [-0.2, 0) is 0 Å². The Morgan fingerprint density at radius 2 is 1.80 bits per heavy atom. The van der Waals surface area contributed by atoms with Crippen LogP contribution < -0.4 is 4.74 Å². The first kappa shape index (κ1) is 13.5. The number of hydrogen-bond acceptors (Lipinski definition) is 3. The number of rotatable bonds is 3. The Kier molecular flexibility index (Phi) is 3.62. The van der Waals surface area contributed by atoms with E-state index in [0.717, 1.165) is 12.1 Å². The lowest BCUT2D eigenvalue weighted by atomic mass is 10.2. The third-order valence-electron chi connectivity index (χ3n) is 2.46. The van der Waals surface area contributed by atoms with Gasteiger partial charge in [0.2, 0.25) is 0 Å². The van der Waals surface area contributed by atoms with E-state index in [9.17, 15) is 13.6 Å². The van der Waals surface area contributed by atoms with Gasteiger partial charge < -0.3 is 9.84 Å². The molecule has 0 saturated heterocycles. The van der Waals surface area contributed by atoms with Crippen molar-refractivity contribution in [1.29, 1.82) is 5.26 Å². The molecule has 0 spiro atoms. The van der Waals surface area contributed by atoms with Crippen molar-refractivity contribution in [3.05, 3.63) is 59.2 Å². The van der Waals surface area contributed by atoms with Gasteiger partial charge in [-0.05, 0) is 24.3 Å². The molecule has 0 aromatic heterocycles. The molecule has 0 fully saturated rings. The fraction of sp³-hybridized carbons (Fsp3) is 0. The van der Waals surface area contributed by atoms with Crippen LogP contribution in [0, 0.1) is 23.0 Å². The summed E-state index contributed by atoms with van der Waals surface area (Å²) in [6.45, 7) is 0. The number of halogens is 2. The molecule has 2 aromatic carbocycles. The average Bonchev–Trinajstić information content (AvgIpc) is 2.42. The number of nitriles is 1. The standard InChI is InChI=1S/C14H7F2NO3/c15-10-5-8(7-17)6-11(16)13(10)20-12-4-2-1-3-9(12)14(18)19/h1-6H,(H,18,19). The lowest BCUT2D eigenvalue weighted by Crippen LogP contribution is -2.01. The summed E-state index contributed by atoms with van der Waals surface area (Å²) in [5.74, 6) is -4.39. The predicted molar refractivity (Wildman–Crippen MR) is 64.5 cm³/mol. The Bertz CT molecular complexity index is 700. The van der Waals surface area contributed by atoms with Crippen LogP contribution in [0.3, 0.4) is 0 Å². The average molecular weight is 275 g/mol. The van der Waals surface area contributed by atoms with Crippen LogP contribution in [0.2, 0.25) is 0 Å².